The van der Waals surface area contributed by atoms with Crippen LogP contribution in [-0.2, 0) is 4.79 Å². The first-order chi connectivity index (χ1) is 8.27. The van der Waals surface area contributed by atoms with Crippen molar-refractivity contribution in [1.82, 2.24) is 4.90 Å². The van der Waals surface area contributed by atoms with E-state index >= 15 is 0 Å². The summed E-state index contributed by atoms with van der Waals surface area (Å²) in [5.74, 6) is 0.845. The number of aliphatic hydroxyl groups excluding tert-OH is 1. The molecule has 1 amide bonds. The Kier molecular flexibility index (Phi) is 7.25. The monoisotopic (exact) mass is 241 g/mol. The van der Waals surface area contributed by atoms with E-state index in [1.54, 1.807) is 0 Å². The first-order valence-electron chi connectivity index (χ1n) is 7.16. The van der Waals surface area contributed by atoms with E-state index in [0.717, 1.165) is 32.4 Å². The number of carbonyl (C=O) groups excluding carboxylic acids is 1. The van der Waals surface area contributed by atoms with E-state index < -0.39 is 0 Å². The number of unbranched alkanes of at least 4 members (excludes halogenated alkanes) is 3. The van der Waals surface area contributed by atoms with Crippen molar-refractivity contribution in [3.8, 4) is 0 Å². The Hall–Kier alpha value is -0.570. The number of hydrogen-bond donors (Lipinski definition) is 1. The van der Waals surface area contributed by atoms with Gasteiger partial charge in [-0.2, -0.15) is 0 Å². The summed E-state index contributed by atoms with van der Waals surface area (Å²) in [4.78, 5) is 14.0. The van der Waals surface area contributed by atoms with Gasteiger partial charge in [0.05, 0.1) is 0 Å². The molecule has 0 bridgehead atoms. The Balaban J connectivity index is 2.21. The van der Waals surface area contributed by atoms with E-state index in [0.29, 0.717) is 18.2 Å². The van der Waals surface area contributed by atoms with Crippen molar-refractivity contribution in [2.45, 2.75) is 58.3 Å². The number of amides is 1. The molecule has 1 saturated heterocycles. The third-order valence-electron chi connectivity index (χ3n) is 3.65. The van der Waals surface area contributed by atoms with Crippen LogP contribution in [0.25, 0.3) is 0 Å². The van der Waals surface area contributed by atoms with Crippen LogP contribution < -0.4 is 0 Å². The quantitative estimate of drug-likeness (QED) is 0.696. The zero-order valence-corrected chi connectivity index (χ0v) is 11.2. The predicted octanol–water partition coefficient (Wildman–Crippen LogP) is 2.58. The Morgan fingerprint density at radius 3 is 2.88 bits per heavy atom. The van der Waals surface area contributed by atoms with Gasteiger partial charge in [-0.25, -0.2) is 0 Å². The van der Waals surface area contributed by atoms with Crippen molar-refractivity contribution in [2.24, 2.45) is 5.92 Å². The fraction of sp³-hybridized carbons (Fsp3) is 0.929. The van der Waals surface area contributed by atoms with Gasteiger partial charge in [-0.1, -0.05) is 26.2 Å². The summed E-state index contributed by atoms with van der Waals surface area (Å²) in [6, 6.07) is 0. The molecule has 1 N–H and O–H groups in total. The van der Waals surface area contributed by atoms with Crippen LogP contribution in [-0.4, -0.2) is 35.6 Å². The van der Waals surface area contributed by atoms with Gasteiger partial charge in [-0.15, -0.1) is 0 Å². The lowest BCUT2D eigenvalue weighted by atomic mass is 9.95. The van der Waals surface area contributed by atoms with E-state index in [2.05, 4.69) is 6.92 Å². The molecule has 0 radical (unpaired) electrons. The molecule has 1 heterocycles. The Labute approximate surface area is 105 Å². The zero-order valence-electron chi connectivity index (χ0n) is 11.2. The van der Waals surface area contributed by atoms with Gasteiger partial charge < -0.3 is 10.0 Å². The third kappa shape index (κ3) is 5.53. The van der Waals surface area contributed by atoms with Gasteiger partial charge in [0.2, 0.25) is 5.91 Å². The van der Waals surface area contributed by atoms with Gasteiger partial charge in [-0.05, 0) is 31.6 Å². The van der Waals surface area contributed by atoms with E-state index in [4.69, 9.17) is 5.11 Å². The summed E-state index contributed by atoms with van der Waals surface area (Å²) >= 11 is 0. The molecule has 1 atom stereocenters. The molecule has 0 spiro atoms. The van der Waals surface area contributed by atoms with Crippen molar-refractivity contribution in [1.29, 1.82) is 0 Å². The fourth-order valence-electron chi connectivity index (χ4n) is 2.57. The lowest BCUT2D eigenvalue weighted by Gasteiger charge is -2.32. The number of aliphatic hydroxyl groups is 1. The summed E-state index contributed by atoms with van der Waals surface area (Å²) in [5, 5.41) is 8.94. The number of piperidine rings is 1. The topological polar surface area (TPSA) is 40.5 Å². The summed E-state index contributed by atoms with van der Waals surface area (Å²) in [6.45, 7) is 4.23. The van der Waals surface area contributed by atoms with Gasteiger partial charge in [0.15, 0.2) is 0 Å². The number of nitrogens with zero attached hydrogens (tertiary/aromatic N) is 1. The molecule has 1 unspecified atom stereocenters. The molecule has 3 heteroatoms. The summed E-state index contributed by atoms with van der Waals surface area (Å²) in [6.07, 6.45) is 8.50. The van der Waals surface area contributed by atoms with Crippen LogP contribution >= 0.6 is 0 Å². The normalized spacial score (nSPS) is 20.6. The van der Waals surface area contributed by atoms with Crippen LogP contribution in [0.5, 0.6) is 0 Å². The number of rotatable bonds is 7. The summed E-state index contributed by atoms with van der Waals surface area (Å²) in [5.41, 5.74) is 0. The standard InChI is InChI=1S/C14H27NO2/c1-2-3-4-5-8-14(17)15-10-6-7-13(12-15)9-11-16/h13,16H,2-12H2,1H3. The van der Waals surface area contributed by atoms with Gasteiger partial charge >= 0.3 is 0 Å². The molecule has 0 aromatic carbocycles. The smallest absolute Gasteiger partial charge is 0.222 e. The highest BCUT2D eigenvalue weighted by Crippen LogP contribution is 2.20. The second kappa shape index (κ2) is 8.51. The average molecular weight is 241 g/mol. The maximum atomic E-state index is 12.0. The largest absolute Gasteiger partial charge is 0.396 e. The Morgan fingerprint density at radius 1 is 1.35 bits per heavy atom. The highest BCUT2D eigenvalue weighted by atomic mass is 16.3. The van der Waals surface area contributed by atoms with E-state index in [9.17, 15) is 4.79 Å². The minimum absolute atomic E-state index is 0.253. The molecule has 1 aliphatic heterocycles. The van der Waals surface area contributed by atoms with Crippen LogP contribution in [0.4, 0.5) is 0 Å². The van der Waals surface area contributed by atoms with Crippen LogP contribution in [0.15, 0.2) is 0 Å². The van der Waals surface area contributed by atoms with E-state index in [-0.39, 0.29) is 6.61 Å². The van der Waals surface area contributed by atoms with E-state index in [1.807, 2.05) is 4.90 Å². The molecule has 1 rings (SSSR count). The van der Waals surface area contributed by atoms with Gasteiger partial charge in [-0.3, -0.25) is 4.79 Å². The average Bonchev–Trinajstić information content (AvgIpc) is 2.35. The van der Waals surface area contributed by atoms with Crippen LogP contribution in [0.3, 0.4) is 0 Å². The molecule has 0 aromatic rings. The van der Waals surface area contributed by atoms with Crippen molar-refractivity contribution in [2.75, 3.05) is 19.7 Å². The molecule has 0 aromatic heterocycles. The highest BCUT2D eigenvalue weighted by molar-refractivity contribution is 5.76. The maximum absolute atomic E-state index is 12.0. The van der Waals surface area contributed by atoms with Crippen LogP contribution in [0.1, 0.15) is 58.3 Å². The van der Waals surface area contributed by atoms with Gasteiger partial charge in [0.1, 0.15) is 0 Å². The van der Waals surface area contributed by atoms with Crippen LogP contribution in [0, 0.1) is 5.92 Å². The second-order valence-electron chi connectivity index (χ2n) is 5.17. The number of carbonyl (C=O) groups is 1. The molecular weight excluding hydrogens is 214 g/mol. The van der Waals surface area contributed by atoms with Gasteiger partial charge in [0.25, 0.3) is 0 Å². The third-order valence-corrected chi connectivity index (χ3v) is 3.65. The maximum Gasteiger partial charge on any atom is 0.222 e. The van der Waals surface area contributed by atoms with Crippen molar-refractivity contribution in [3.05, 3.63) is 0 Å². The molecule has 0 aliphatic carbocycles. The van der Waals surface area contributed by atoms with E-state index in [1.165, 1.54) is 25.7 Å². The molecular formula is C14H27NO2. The van der Waals surface area contributed by atoms with Crippen molar-refractivity contribution in [3.63, 3.8) is 0 Å². The highest BCUT2D eigenvalue weighted by Gasteiger charge is 2.22. The first-order valence-corrected chi connectivity index (χ1v) is 7.16. The number of hydrogen-bond acceptors (Lipinski definition) is 2. The van der Waals surface area contributed by atoms with Gasteiger partial charge in [0, 0.05) is 26.1 Å². The lowest BCUT2D eigenvalue weighted by molar-refractivity contribution is -0.133. The van der Waals surface area contributed by atoms with Crippen LogP contribution in [0.2, 0.25) is 0 Å². The number of likely N-dealkylation sites (tertiary alicyclic amines) is 1. The SMILES string of the molecule is CCCCCCC(=O)N1CCCC(CCO)C1. The summed E-state index contributed by atoms with van der Waals surface area (Å²) < 4.78 is 0. The fourth-order valence-corrected chi connectivity index (χ4v) is 2.57. The predicted molar refractivity (Wildman–Crippen MR) is 69.8 cm³/mol. The Bertz CT molecular complexity index is 216. The lowest BCUT2D eigenvalue weighted by Crippen LogP contribution is -2.40. The van der Waals surface area contributed by atoms with Crippen molar-refractivity contribution < 1.29 is 9.90 Å². The molecule has 1 aliphatic rings. The molecule has 1 fully saturated rings. The Morgan fingerprint density at radius 2 is 2.18 bits per heavy atom. The first kappa shape index (κ1) is 14.5. The molecule has 100 valence electrons. The molecule has 0 saturated carbocycles. The van der Waals surface area contributed by atoms with Crippen molar-refractivity contribution >= 4 is 5.91 Å². The summed E-state index contributed by atoms with van der Waals surface area (Å²) in [7, 11) is 0. The molecule has 3 nitrogen and oxygen atoms in total. The molecule has 17 heavy (non-hydrogen) atoms. The second-order valence-corrected chi connectivity index (χ2v) is 5.17. The minimum Gasteiger partial charge on any atom is -0.396 e. The zero-order chi connectivity index (χ0) is 12.5. The minimum atomic E-state index is 0.253.